The van der Waals surface area contributed by atoms with Gasteiger partial charge < -0.3 is 4.74 Å². The van der Waals surface area contributed by atoms with E-state index in [4.69, 9.17) is 4.74 Å². The molecule has 0 spiro atoms. The molecular weight excluding hydrogens is 308 g/mol. The summed E-state index contributed by atoms with van der Waals surface area (Å²) in [6.07, 6.45) is 9.67. The van der Waals surface area contributed by atoms with Crippen LogP contribution < -0.4 is 0 Å². The average Bonchev–Trinajstić information content (AvgIpc) is 2.42. The van der Waals surface area contributed by atoms with Gasteiger partial charge in [0.05, 0.1) is 5.41 Å². The third-order valence-electron chi connectivity index (χ3n) is 7.81. The highest BCUT2D eigenvalue weighted by molar-refractivity contribution is 5.78. The lowest BCUT2D eigenvalue weighted by atomic mass is 9.55. The van der Waals surface area contributed by atoms with Crippen LogP contribution in [0.4, 0.5) is 0 Å². The minimum atomic E-state index is -0.441. The molecule has 0 N–H and O–H groups in total. The van der Waals surface area contributed by atoms with Crippen LogP contribution in [-0.2, 0) is 9.53 Å². The van der Waals surface area contributed by atoms with E-state index in [0.29, 0.717) is 0 Å². The lowest BCUT2D eigenvalue weighted by Gasteiger charge is -2.55. The summed E-state index contributed by atoms with van der Waals surface area (Å²) < 4.78 is 6.50. The molecule has 0 saturated heterocycles. The van der Waals surface area contributed by atoms with Crippen LogP contribution in [0.3, 0.4) is 0 Å². The van der Waals surface area contributed by atoms with Crippen LogP contribution in [0.1, 0.15) is 99.8 Å². The first kappa shape index (κ1) is 19.2. The van der Waals surface area contributed by atoms with Gasteiger partial charge in [0.15, 0.2) is 0 Å². The molecule has 5 unspecified atom stereocenters. The first-order valence-electron chi connectivity index (χ1n) is 10.6. The zero-order valence-corrected chi connectivity index (χ0v) is 17.7. The van der Waals surface area contributed by atoms with Gasteiger partial charge in [-0.05, 0) is 80.5 Å². The third-order valence-corrected chi connectivity index (χ3v) is 7.81. The van der Waals surface area contributed by atoms with Gasteiger partial charge in [-0.1, -0.05) is 48.0 Å². The SMILES string of the molecule is CC(C)(C)CC(C)(C(=O)OC12CCC3CCC(CC3C1)C2)C(C)(C)C. The van der Waals surface area contributed by atoms with Gasteiger partial charge in [0.2, 0.25) is 0 Å². The highest BCUT2D eigenvalue weighted by Gasteiger charge is 2.55. The molecule has 3 aliphatic carbocycles. The number of hydrogen-bond acceptors (Lipinski definition) is 2. The van der Waals surface area contributed by atoms with Crippen molar-refractivity contribution in [3.05, 3.63) is 0 Å². The average molecular weight is 349 g/mol. The third kappa shape index (κ3) is 3.65. The molecule has 3 saturated carbocycles. The lowest BCUT2D eigenvalue weighted by molar-refractivity contribution is -0.199. The van der Waals surface area contributed by atoms with Crippen molar-refractivity contribution in [2.45, 2.75) is 105 Å². The Morgan fingerprint density at radius 3 is 2.24 bits per heavy atom. The van der Waals surface area contributed by atoms with Crippen molar-refractivity contribution in [3.8, 4) is 0 Å². The molecule has 2 heteroatoms. The molecule has 0 radical (unpaired) electrons. The quantitative estimate of drug-likeness (QED) is 0.553. The van der Waals surface area contributed by atoms with Gasteiger partial charge in [-0.25, -0.2) is 0 Å². The molecule has 0 amide bonds. The molecule has 0 aromatic heterocycles. The zero-order chi connectivity index (χ0) is 18.7. The monoisotopic (exact) mass is 348 g/mol. The molecular formula is C23H40O2. The van der Waals surface area contributed by atoms with E-state index in [0.717, 1.165) is 43.4 Å². The Hall–Kier alpha value is -0.530. The van der Waals surface area contributed by atoms with Crippen LogP contribution in [-0.4, -0.2) is 11.6 Å². The van der Waals surface area contributed by atoms with Gasteiger partial charge >= 0.3 is 5.97 Å². The number of fused-ring (bicyclic) bond motifs is 2. The largest absolute Gasteiger partial charge is 0.459 e. The Morgan fingerprint density at radius 1 is 0.960 bits per heavy atom. The van der Waals surface area contributed by atoms with E-state index in [9.17, 15) is 4.79 Å². The summed E-state index contributed by atoms with van der Waals surface area (Å²) in [5, 5.41) is 0. The van der Waals surface area contributed by atoms with Crippen molar-refractivity contribution in [3.63, 3.8) is 0 Å². The predicted octanol–water partition coefficient (Wildman–Crippen LogP) is 6.38. The molecule has 144 valence electrons. The van der Waals surface area contributed by atoms with Crippen molar-refractivity contribution in [1.29, 1.82) is 0 Å². The van der Waals surface area contributed by atoms with E-state index in [1.165, 1.54) is 25.7 Å². The van der Waals surface area contributed by atoms with Crippen LogP contribution in [0.25, 0.3) is 0 Å². The standard InChI is InChI=1S/C23H40O2/c1-20(2,3)15-22(7,21(4,5)6)19(24)25-23-11-10-17-9-8-16(13-23)12-18(17)14-23/h16-18H,8-15H2,1-7H3. The van der Waals surface area contributed by atoms with Gasteiger partial charge in [0.1, 0.15) is 5.60 Å². The number of rotatable bonds is 3. The smallest absolute Gasteiger partial charge is 0.312 e. The second kappa shape index (κ2) is 5.99. The van der Waals surface area contributed by atoms with E-state index in [1.807, 2.05) is 0 Å². The fraction of sp³-hybridized carbons (Fsp3) is 0.957. The van der Waals surface area contributed by atoms with Crippen molar-refractivity contribution < 1.29 is 9.53 Å². The topological polar surface area (TPSA) is 26.3 Å². The van der Waals surface area contributed by atoms with Gasteiger partial charge in [-0.3, -0.25) is 4.79 Å². The molecule has 0 aliphatic heterocycles. The second-order valence-corrected chi connectivity index (χ2v) is 12.0. The Morgan fingerprint density at radius 2 is 1.64 bits per heavy atom. The fourth-order valence-electron chi connectivity index (χ4n) is 6.13. The lowest BCUT2D eigenvalue weighted by Crippen LogP contribution is -2.54. The Balaban J connectivity index is 1.82. The number of carbonyl (C=O) groups excluding carboxylic acids is 1. The van der Waals surface area contributed by atoms with E-state index in [-0.39, 0.29) is 22.4 Å². The summed E-state index contributed by atoms with van der Waals surface area (Å²) in [7, 11) is 0. The zero-order valence-electron chi connectivity index (χ0n) is 17.7. The van der Waals surface area contributed by atoms with Crippen molar-refractivity contribution in [2.75, 3.05) is 0 Å². The van der Waals surface area contributed by atoms with Crippen LogP contribution in [0.5, 0.6) is 0 Å². The summed E-state index contributed by atoms with van der Waals surface area (Å²) >= 11 is 0. The summed E-state index contributed by atoms with van der Waals surface area (Å²) in [5.41, 5.74) is -0.579. The van der Waals surface area contributed by atoms with E-state index in [1.54, 1.807) is 0 Å². The molecule has 0 heterocycles. The highest BCUT2D eigenvalue weighted by atomic mass is 16.6. The Labute approximate surface area is 155 Å². The number of carbonyl (C=O) groups is 1. The fourth-order valence-corrected chi connectivity index (χ4v) is 6.13. The van der Waals surface area contributed by atoms with Gasteiger partial charge in [0, 0.05) is 0 Å². The molecule has 5 atom stereocenters. The molecule has 0 aromatic carbocycles. The first-order valence-corrected chi connectivity index (χ1v) is 10.6. The van der Waals surface area contributed by atoms with Crippen LogP contribution in [0, 0.1) is 34.0 Å². The maximum absolute atomic E-state index is 13.5. The van der Waals surface area contributed by atoms with Gasteiger partial charge in [0.25, 0.3) is 0 Å². The van der Waals surface area contributed by atoms with Crippen molar-refractivity contribution in [1.82, 2.24) is 0 Å². The number of esters is 1. The Bertz CT molecular complexity index is 519. The molecule has 3 fully saturated rings. The first-order chi connectivity index (χ1) is 11.3. The normalized spacial score (nSPS) is 37.5. The van der Waals surface area contributed by atoms with Gasteiger partial charge in [-0.2, -0.15) is 0 Å². The maximum atomic E-state index is 13.5. The van der Waals surface area contributed by atoms with Crippen LogP contribution in [0.2, 0.25) is 0 Å². The minimum Gasteiger partial charge on any atom is -0.459 e. The minimum absolute atomic E-state index is 0.0633. The van der Waals surface area contributed by atoms with Crippen LogP contribution in [0.15, 0.2) is 0 Å². The van der Waals surface area contributed by atoms with Crippen molar-refractivity contribution >= 4 is 5.97 Å². The summed E-state index contributed by atoms with van der Waals surface area (Å²) in [5.74, 6) is 2.59. The van der Waals surface area contributed by atoms with Crippen molar-refractivity contribution in [2.24, 2.45) is 34.0 Å². The highest BCUT2D eigenvalue weighted by Crippen LogP contribution is 2.57. The molecule has 3 aliphatic rings. The molecule has 25 heavy (non-hydrogen) atoms. The summed E-state index contributed by atoms with van der Waals surface area (Å²) in [6.45, 7) is 15.4. The molecule has 2 nitrogen and oxygen atoms in total. The second-order valence-electron chi connectivity index (χ2n) is 12.0. The van der Waals surface area contributed by atoms with E-state index >= 15 is 0 Å². The predicted molar refractivity (Wildman–Crippen MR) is 103 cm³/mol. The van der Waals surface area contributed by atoms with Crippen LogP contribution >= 0.6 is 0 Å². The maximum Gasteiger partial charge on any atom is 0.312 e. The van der Waals surface area contributed by atoms with E-state index < -0.39 is 5.41 Å². The number of hydrogen-bond donors (Lipinski definition) is 0. The molecule has 3 rings (SSSR count). The summed E-state index contributed by atoms with van der Waals surface area (Å²) in [6, 6.07) is 0. The molecule has 0 aromatic rings. The summed E-state index contributed by atoms with van der Waals surface area (Å²) in [4.78, 5) is 13.5. The van der Waals surface area contributed by atoms with E-state index in [2.05, 4.69) is 48.5 Å². The molecule has 3 bridgehead atoms. The van der Waals surface area contributed by atoms with Gasteiger partial charge in [-0.15, -0.1) is 0 Å². The number of ether oxygens (including phenoxy) is 1. The Kier molecular flexibility index (Phi) is 4.61.